The number of halogens is 3. The maximum atomic E-state index is 13.9. The molecule has 0 saturated carbocycles. The van der Waals surface area contributed by atoms with Crippen LogP contribution in [0.4, 0.5) is 4.39 Å². The summed E-state index contributed by atoms with van der Waals surface area (Å²) in [5.41, 5.74) is 6.98. The van der Waals surface area contributed by atoms with Gasteiger partial charge < -0.3 is 10.5 Å². The van der Waals surface area contributed by atoms with Crippen molar-refractivity contribution in [3.8, 4) is 11.5 Å². The molecule has 2 nitrogen and oxygen atoms in total. The van der Waals surface area contributed by atoms with Crippen LogP contribution in [0.25, 0.3) is 0 Å². The monoisotopic (exact) mass is 415 g/mol. The lowest BCUT2D eigenvalue weighted by atomic mass is 10.0. The summed E-state index contributed by atoms with van der Waals surface area (Å²) in [6.45, 7) is 2.04. The van der Waals surface area contributed by atoms with E-state index in [2.05, 4.69) is 31.9 Å². The van der Waals surface area contributed by atoms with Gasteiger partial charge in [0.2, 0.25) is 0 Å². The van der Waals surface area contributed by atoms with Crippen LogP contribution in [0.3, 0.4) is 0 Å². The summed E-state index contributed by atoms with van der Waals surface area (Å²) >= 11 is 6.67. The second-order valence-corrected chi connectivity index (χ2v) is 6.63. The van der Waals surface area contributed by atoms with E-state index >= 15 is 0 Å². The third-order valence-corrected chi connectivity index (χ3v) is 4.13. The molecule has 2 aromatic carbocycles. The van der Waals surface area contributed by atoms with Crippen LogP contribution in [0.15, 0.2) is 45.3 Å². The highest BCUT2D eigenvalue weighted by Gasteiger charge is 2.12. The second-order valence-electron chi connectivity index (χ2n) is 4.80. The average molecular weight is 417 g/mol. The quantitative estimate of drug-likeness (QED) is 0.705. The van der Waals surface area contributed by atoms with Crippen LogP contribution in [0, 0.1) is 5.82 Å². The van der Waals surface area contributed by atoms with Gasteiger partial charge in [-0.2, -0.15) is 0 Å². The van der Waals surface area contributed by atoms with Gasteiger partial charge in [-0.25, -0.2) is 4.39 Å². The highest BCUT2D eigenvalue weighted by molar-refractivity contribution is 9.10. The molecule has 5 heteroatoms. The molecule has 2 rings (SSSR count). The van der Waals surface area contributed by atoms with E-state index in [4.69, 9.17) is 10.5 Å². The SMILES string of the molecule is CCC(N)Cc1cc(Br)ccc1Oc1ccc(Br)cc1F. The van der Waals surface area contributed by atoms with Gasteiger partial charge in [0, 0.05) is 15.0 Å². The number of rotatable bonds is 5. The molecule has 1 atom stereocenters. The van der Waals surface area contributed by atoms with E-state index in [1.165, 1.54) is 6.07 Å². The normalized spacial score (nSPS) is 12.2. The van der Waals surface area contributed by atoms with Crippen molar-refractivity contribution in [1.82, 2.24) is 0 Å². The third kappa shape index (κ3) is 4.53. The van der Waals surface area contributed by atoms with E-state index in [0.29, 0.717) is 16.6 Å². The minimum atomic E-state index is -0.405. The van der Waals surface area contributed by atoms with Crippen LogP contribution < -0.4 is 10.5 Å². The lowest BCUT2D eigenvalue weighted by Gasteiger charge is -2.15. The summed E-state index contributed by atoms with van der Waals surface area (Å²) in [6.07, 6.45) is 1.56. The Kier molecular flexibility index (Phi) is 5.79. The van der Waals surface area contributed by atoms with E-state index < -0.39 is 5.82 Å². The molecule has 21 heavy (non-hydrogen) atoms. The predicted octanol–water partition coefficient (Wildman–Crippen LogP) is 5.42. The summed E-state index contributed by atoms with van der Waals surface area (Å²) in [6, 6.07) is 10.4. The minimum absolute atomic E-state index is 0.0522. The van der Waals surface area contributed by atoms with E-state index in [9.17, 15) is 4.39 Å². The van der Waals surface area contributed by atoms with Gasteiger partial charge in [-0.15, -0.1) is 0 Å². The van der Waals surface area contributed by atoms with Crippen molar-refractivity contribution in [1.29, 1.82) is 0 Å². The second kappa shape index (κ2) is 7.38. The zero-order valence-electron chi connectivity index (χ0n) is 11.6. The van der Waals surface area contributed by atoms with Crippen molar-refractivity contribution in [2.24, 2.45) is 5.73 Å². The molecule has 0 bridgehead atoms. The molecule has 0 saturated heterocycles. The predicted molar refractivity (Wildman–Crippen MR) is 90.3 cm³/mol. The van der Waals surface area contributed by atoms with Gasteiger partial charge in [0.1, 0.15) is 5.75 Å². The maximum absolute atomic E-state index is 13.9. The molecule has 1 unspecified atom stereocenters. The molecule has 0 radical (unpaired) electrons. The van der Waals surface area contributed by atoms with Crippen molar-refractivity contribution in [2.45, 2.75) is 25.8 Å². The van der Waals surface area contributed by atoms with Crippen LogP contribution in [-0.4, -0.2) is 6.04 Å². The topological polar surface area (TPSA) is 35.2 Å². The van der Waals surface area contributed by atoms with Crippen LogP contribution >= 0.6 is 31.9 Å². The average Bonchev–Trinajstić information content (AvgIpc) is 2.44. The summed E-state index contributed by atoms with van der Waals surface area (Å²) in [7, 11) is 0. The summed E-state index contributed by atoms with van der Waals surface area (Å²) in [5, 5.41) is 0. The molecule has 2 N–H and O–H groups in total. The van der Waals surface area contributed by atoms with Crippen LogP contribution in [0.5, 0.6) is 11.5 Å². The number of benzene rings is 2. The van der Waals surface area contributed by atoms with Gasteiger partial charge in [-0.3, -0.25) is 0 Å². The summed E-state index contributed by atoms with van der Waals surface area (Å²) in [5.74, 6) is 0.424. The Labute approximate surface area is 140 Å². The summed E-state index contributed by atoms with van der Waals surface area (Å²) in [4.78, 5) is 0. The van der Waals surface area contributed by atoms with Gasteiger partial charge in [-0.1, -0.05) is 38.8 Å². The van der Waals surface area contributed by atoms with E-state index in [1.54, 1.807) is 12.1 Å². The van der Waals surface area contributed by atoms with Crippen LogP contribution in [-0.2, 0) is 6.42 Å². The Morgan fingerprint density at radius 3 is 2.33 bits per heavy atom. The van der Waals surface area contributed by atoms with Crippen molar-refractivity contribution in [3.05, 3.63) is 56.7 Å². The number of hydrogen-bond donors (Lipinski definition) is 1. The largest absolute Gasteiger partial charge is 0.454 e. The molecule has 0 aliphatic carbocycles. The Morgan fingerprint density at radius 1 is 1.10 bits per heavy atom. The van der Waals surface area contributed by atoms with E-state index in [1.807, 2.05) is 25.1 Å². The summed E-state index contributed by atoms with van der Waals surface area (Å²) < 4.78 is 21.2. The Morgan fingerprint density at radius 2 is 1.71 bits per heavy atom. The minimum Gasteiger partial charge on any atom is -0.454 e. The highest BCUT2D eigenvalue weighted by atomic mass is 79.9. The zero-order chi connectivity index (χ0) is 15.4. The smallest absolute Gasteiger partial charge is 0.166 e. The van der Waals surface area contributed by atoms with Crippen molar-refractivity contribution in [2.75, 3.05) is 0 Å². The lowest BCUT2D eigenvalue weighted by molar-refractivity contribution is 0.435. The maximum Gasteiger partial charge on any atom is 0.166 e. The Hall–Kier alpha value is -0.910. The fraction of sp³-hybridized carbons (Fsp3) is 0.250. The highest BCUT2D eigenvalue weighted by Crippen LogP contribution is 2.31. The number of hydrogen-bond acceptors (Lipinski definition) is 2. The molecule has 2 aromatic rings. The first-order valence-corrected chi connectivity index (χ1v) is 8.25. The Bertz CT molecular complexity index is 634. The molecule has 0 heterocycles. The molecule has 0 aliphatic heterocycles. The Balaban J connectivity index is 2.30. The zero-order valence-corrected chi connectivity index (χ0v) is 14.7. The number of nitrogens with two attached hydrogens (primary N) is 1. The molecule has 0 aliphatic rings. The van der Waals surface area contributed by atoms with E-state index in [0.717, 1.165) is 16.5 Å². The van der Waals surface area contributed by atoms with Crippen molar-refractivity contribution >= 4 is 31.9 Å². The van der Waals surface area contributed by atoms with Crippen molar-refractivity contribution < 1.29 is 9.13 Å². The first kappa shape index (κ1) is 16.5. The first-order valence-electron chi connectivity index (χ1n) is 6.66. The molecule has 0 spiro atoms. The molecule has 112 valence electrons. The molecular formula is C16H16Br2FNO. The van der Waals surface area contributed by atoms with E-state index in [-0.39, 0.29) is 11.8 Å². The van der Waals surface area contributed by atoms with Gasteiger partial charge in [0.25, 0.3) is 0 Å². The van der Waals surface area contributed by atoms with Gasteiger partial charge in [-0.05, 0) is 54.8 Å². The lowest BCUT2D eigenvalue weighted by Crippen LogP contribution is -2.21. The first-order chi connectivity index (χ1) is 9.99. The standard InChI is InChI=1S/C16H16Br2FNO/c1-2-13(20)8-10-7-11(17)3-5-15(10)21-16-6-4-12(18)9-14(16)19/h3-7,9,13H,2,8,20H2,1H3. The molecular weight excluding hydrogens is 401 g/mol. The molecule has 0 amide bonds. The fourth-order valence-corrected chi connectivity index (χ4v) is 2.65. The van der Waals surface area contributed by atoms with Crippen LogP contribution in [0.2, 0.25) is 0 Å². The number of ether oxygens (including phenoxy) is 1. The van der Waals surface area contributed by atoms with Gasteiger partial charge in [0.15, 0.2) is 11.6 Å². The third-order valence-electron chi connectivity index (χ3n) is 3.14. The molecule has 0 aromatic heterocycles. The molecule has 0 fully saturated rings. The van der Waals surface area contributed by atoms with Gasteiger partial charge in [0.05, 0.1) is 0 Å². The van der Waals surface area contributed by atoms with Crippen LogP contribution in [0.1, 0.15) is 18.9 Å². The van der Waals surface area contributed by atoms with Gasteiger partial charge >= 0.3 is 0 Å². The van der Waals surface area contributed by atoms with Crippen molar-refractivity contribution in [3.63, 3.8) is 0 Å². The fourth-order valence-electron chi connectivity index (χ4n) is 1.91.